The van der Waals surface area contributed by atoms with E-state index in [9.17, 15) is 4.79 Å². The lowest BCUT2D eigenvalue weighted by Gasteiger charge is -2.13. The SMILES string of the molecule is CN1CC(CCNC(=O)c2ccccc2)c2ccccc21. The summed E-state index contributed by atoms with van der Waals surface area (Å²) in [6.45, 7) is 1.74. The molecule has 3 nitrogen and oxygen atoms in total. The Balaban J connectivity index is 1.56. The fourth-order valence-electron chi connectivity index (χ4n) is 3.01. The number of hydrogen-bond acceptors (Lipinski definition) is 2. The van der Waals surface area contributed by atoms with Crippen LogP contribution in [0.3, 0.4) is 0 Å². The van der Waals surface area contributed by atoms with Crippen LogP contribution < -0.4 is 10.2 Å². The van der Waals surface area contributed by atoms with Gasteiger partial charge in [-0.1, -0.05) is 36.4 Å². The number of hydrogen-bond donors (Lipinski definition) is 1. The molecule has 3 heteroatoms. The topological polar surface area (TPSA) is 32.3 Å². The van der Waals surface area contributed by atoms with Crippen LogP contribution in [0.25, 0.3) is 0 Å². The highest BCUT2D eigenvalue weighted by Gasteiger charge is 2.25. The molecule has 1 aliphatic heterocycles. The average molecular weight is 280 g/mol. The molecule has 108 valence electrons. The van der Waals surface area contributed by atoms with E-state index in [1.54, 1.807) is 0 Å². The number of carbonyl (C=O) groups is 1. The van der Waals surface area contributed by atoms with Crippen molar-refractivity contribution in [3.63, 3.8) is 0 Å². The Bertz CT molecular complexity index is 624. The van der Waals surface area contributed by atoms with E-state index in [1.165, 1.54) is 11.3 Å². The van der Waals surface area contributed by atoms with Gasteiger partial charge >= 0.3 is 0 Å². The third-order valence-corrected chi connectivity index (χ3v) is 4.10. The van der Waals surface area contributed by atoms with E-state index in [0.717, 1.165) is 18.5 Å². The van der Waals surface area contributed by atoms with Gasteiger partial charge in [-0.15, -0.1) is 0 Å². The third kappa shape index (κ3) is 2.92. The lowest BCUT2D eigenvalue weighted by molar-refractivity contribution is 0.0952. The minimum Gasteiger partial charge on any atom is -0.374 e. The maximum Gasteiger partial charge on any atom is 0.251 e. The smallest absolute Gasteiger partial charge is 0.251 e. The largest absolute Gasteiger partial charge is 0.374 e. The summed E-state index contributed by atoms with van der Waals surface area (Å²) in [4.78, 5) is 14.3. The first-order valence-corrected chi connectivity index (χ1v) is 7.39. The molecule has 1 heterocycles. The molecular weight excluding hydrogens is 260 g/mol. The Hall–Kier alpha value is -2.29. The first-order valence-electron chi connectivity index (χ1n) is 7.39. The highest BCUT2D eigenvalue weighted by Crippen LogP contribution is 2.36. The summed E-state index contributed by atoms with van der Waals surface area (Å²) >= 11 is 0. The summed E-state index contributed by atoms with van der Waals surface area (Å²) in [6.07, 6.45) is 0.972. The van der Waals surface area contributed by atoms with E-state index in [1.807, 2.05) is 30.3 Å². The van der Waals surface area contributed by atoms with Crippen LogP contribution in [0.2, 0.25) is 0 Å². The number of nitrogens with one attached hydrogen (secondary N) is 1. The van der Waals surface area contributed by atoms with Gasteiger partial charge in [-0.05, 0) is 30.2 Å². The highest BCUT2D eigenvalue weighted by molar-refractivity contribution is 5.94. The van der Waals surface area contributed by atoms with Crippen LogP contribution in [0.1, 0.15) is 28.3 Å². The zero-order valence-corrected chi connectivity index (χ0v) is 12.3. The molecule has 0 spiro atoms. The van der Waals surface area contributed by atoms with Crippen LogP contribution in [0.5, 0.6) is 0 Å². The van der Waals surface area contributed by atoms with Crippen LogP contribution in [-0.4, -0.2) is 26.0 Å². The van der Waals surface area contributed by atoms with Crippen molar-refractivity contribution in [1.82, 2.24) is 5.32 Å². The minimum atomic E-state index is 0.00948. The molecule has 0 saturated heterocycles. The average Bonchev–Trinajstić information content (AvgIpc) is 2.85. The number of para-hydroxylation sites is 1. The van der Waals surface area contributed by atoms with Crippen molar-refractivity contribution < 1.29 is 4.79 Å². The van der Waals surface area contributed by atoms with E-state index < -0.39 is 0 Å². The predicted octanol–water partition coefficient (Wildman–Crippen LogP) is 3.04. The van der Waals surface area contributed by atoms with Gasteiger partial charge in [0.1, 0.15) is 0 Å². The Morgan fingerprint density at radius 3 is 2.67 bits per heavy atom. The van der Waals surface area contributed by atoms with Crippen LogP contribution in [0.15, 0.2) is 54.6 Å². The number of benzene rings is 2. The normalized spacial score (nSPS) is 16.6. The zero-order chi connectivity index (χ0) is 14.7. The van der Waals surface area contributed by atoms with Crippen molar-refractivity contribution in [3.05, 3.63) is 65.7 Å². The molecule has 0 fully saturated rings. The quantitative estimate of drug-likeness (QED) is 0.933. The molecule has 3 rings (SSSR count). The van der Waals surface area contributed by atoms with Gasteiger partial charge in [-0.3, -0.25) is 4.79 Å². The Morgan fingerprint density at radius 2 is 1.86 bits per heavy atom. The second kappa shape index (κ2) is 6.00. The van der Waals surface area contributed by atoms with Crippen LogP contribution in [0, 0.1) is 0 Å². The summed E-state index contributed by atoms with van der Waals surface area (Å²) in [5.41, 5.74) is 3.44. The maximum atomic E-state index is 12.0. The summed E-state index contributed by atoms with van der Waals surface area (Å²) in [5, 5.41) is 3.01. The number of fused-ring (bicyclic) bond motifs is 1. The van der Waals surface area contributed by atoms with Gasteiger partial charge in [0, 0.05) is 37.3 Å². The van der Waals surface area contributed by atoms with Gasteiger partial charge in [0.25, 0.3) is 5.91 Å². The molecule has 21 heavy (non-hydrogen) atoms. The first-order chi connectivity index (χ1) is 10.3. The molecule has 0 aromatic heterocycles. The summed E-state index contributed by atoms with van der Waals surface area (Å²) < 4.78 is 0. The molecule has 2 aromatic carbocycles. The van der Waals surface area contributed by atoms with Gasteiger partial charge in [-0.2, -0.15) is 0 Å². The van der Waals surface area contributed by atoms with Crippen LogP contribution in [0.4, 0.5) is 5.69 Å². The van der Waals surface area contributed by atoms with Crippen molar-refractivity contribution in [3.8, 4) is 0 Å². The molecule has 1 N–H and O–H groups in total. The number of carbonyl (C=O) groups excluding carboxylic acids is 1. The number of amides is 1. The molecule has 1 amide bonds. The molecule has 0 bridgehead atoms. The molecule has 1 unspecified atom stereocenters. The van der Waals surface area contributed by atoms with Crippen molar-refractivity contribution in [2.45, 2.75) is 12.3 Å². The van der Waals surface area contributed by atoms with Gasteiger partial charge in [0.15, 0.2) is 0 Å². The highest BCUT2D eigenvalue weighted by atomic mass is 16.1. The standard InChI is InChI=1S/C18H20N2O/c1-20-13-15(16-9-5-6-10-17(16)20)11-12-19-18(21)14-7-3-2-4-8-14/h2-10,15H,11-13H2,1H3,(H,19,21). The second-order valence-electron chi connectivity index (χ2n) is 5.55. The number of rotatable bonds is 4. The molecule has 1 atom stereocenters. The number of anilines is 1. The molecule has 0 radical (unpaired) electrons. The van der Waals surface area contributed by atoms with E-state index in [4.69, 9.17) is 0 Å². The molecule has 0 aliphatic carbocycles. The van der Waals surface area contributed by atoms with Gasteiger partial charge in [-0.25, -0.2) is 0 Å². The van der Waals surface area contributed by atoms with Gasteiger partial charge in [0.2, 0.25) is 0 Å². The molecule has 0 saturated carbocycles. The Kier molecular flexibility index (Phi) is 3.91. The van der Waals surface area contributed by atoms with E-state index in [0.29, 0.717) is 12.5 Å². The van der Waals surface area contributed by atoms with Crippen molar-refractivity contribution >= 4 is 11.6 Å². The Labute approximate surface area is 125 Å². The Morgan fingerprint density at radius 1 is 1.14 bits per heavy atom. The number of likely N-dealkylation sites (N-methyl/N-ethyl adjacent to an activating group) is 1. The van der Waals surface area contributed by atoms with Crippen LogP contribution in [-0.2, 0) is 0 Å². The molecule has 2 aromatic rings. The minimum absolute atomic E-state index is 0.00948. The first kappa shape index (κ1) is 13.7. The molecular formula is C18H20N2O. The maximum absolute atomic E-state index is 12.0. The monoisotopic (exact) mass is 280 g/mol. The summed E-state index contributed by atoms with van der Waals surface area (Å²) in [5.74, 6) is 0.512. The second-order valence-corrected chi connectivity index (χ2v) is 5.55. The van der Waals surface area contributed by atoms with E-state index in [-0.39, 0.29) is 5.91 Å². The molecule has 1 aliphatic rings. The van der Waals surface area contributed by atoms with Crippen molar-refractivity contribution in [1.29, 1.82) is 0 Å². The summed E-state index contributed by atoms with van der Waals surface area (Å²) in [6, 6.07) is 17.9. The van der Waals surface area contributed by atoms with E-state index >= 15 is 0 Å². The van der Waals surface area contributed by atoms with Crippen LogP contribution >= 0.6 is 0 Å². The zero-order valence-electron chi connectivity index (χ0n) is 12.3. The predicted molar refractivity (Wildman–Crippen MR) is 85.8 cm³/mol. The van der Waals surface area contributed by atoms with Crippen molar-refractivity contribution in [2.75, 3.05) is 25.0 Å². The lowest BCUT2D eigenvalue weighted by Crippen LogP contribution is -2.26. The van der Waals surface area contributed by atoms with E-state index in [2.05, 4.69) is 41.5 Å². The fourth-order valence-corrected chi connectivity index (χ4v) is 3.01. The fraction of sp³-hybridized carbons (Fsp3) is 0.278. The van der Waals surface area contributed by atoms with Gasteiger partial charge in [0.05, 0.1) is 0 Å². The summed E-state index contributed by atoms with van der Waals surface area (Å²) in [7, 11) is 2.13. The van der Waals surface area contributed by atoms with Crippen molar-refractivity contribution in [2.24, 2.45) is 0 Å². The third-order valence-electron chi connectivity index (χ3n) is 4.10. The van der Waals surface area contributed by atoms with Gasteiger partial charge < -0.3 is 10.2 Å². The number of nitrogens with zero attached hydrogens (tertiary/aromatic N) is 1. The lowest BCUT2D eigenvalue weighted by atomic mass is 9.98.